The second-order valence-corrected chi connectivity index (χ2v) is 11.8. The molecule has 1 aliphatic heterocycles. The molecule has 0 radical (unpaired) electrons. The smallest absolute Gasteiger partial charge is 0.254 e. The van der Waals surface area contributed by atoms with Gasteiger partial charge in [0.05, 0.1) is 24.4 Å². The third-order valence-electron chi connectivity index (χ3n) is 6.66. The second kappa shape index (κ2) is 12.5. The molecule has 1 aliphatic rings. The standard InChI is InChI=1S/C30H34N2O7S/c1-32(2)29(34)30(17-20-40(35,36)26-11-5-4-6-12-26)27(23-9-7-10-25(21-23)37-3)39-28(31-30)22-13-15-24(16-14-22)38-19-8-18-33/h4-7,9-16,21,27,33H,8,17-20H2,1-3H3/t27-,30-/m1/s1. The molecule has 0 saturated heterocycles. The lowest BCUT2D eigenvalue weighted by Gasteiger charge is -2.32. The molecule has 1 N–H and O–H groups in total. The molecule has 0 aromatic heterocycles. The largest absolute Gasteiger partial charge is 0.497 e. The average molecular weight is 567 g/mol. The number of carbonyl (C=O) groups excluding carboxylic acids is 1. The van der Waals surface area contributed by atoms with Gasteiger partial charge in [0.25, 0.3) is 5.91 Å². The summed E-state index contributed by atoms with van der Waals surface area (Å²) < 4.78 is 44.0. The van der Waals surface area contributed by atoms with Gasteiger partial charge < -0.3 is 24.2 Å². The van der Waals surface area contributed by atoms with Gasteiger partial charge in [-0.15, -0.1) is 0 Å². The zero-order valence-corrected chi connectivity index (χ0v) is 23.6. The Hall–Kier alpha value is -3.89. The van der Waals surface area contributed by atoms with E-state index in [1.165, 1.54) is 4.90 Å². The number of amides is 1. The van der Waals surface area contributed by atoms with Crippen LogP contribution in [0.4, 0.5) is 0 Å². The molecule has 0 spiro atoms. The van der Waals surface area contributed by atoms with Crippen LogP contribution in [-0.2, 0) is 19.4 Å². The first-order valence-corrected chi connectivity index (χ1v) is 14.6. The molecule has 0 unspecified atom stereocenters. The van der Waals surface area contributed by atoms with E-state index in [-0.39, 0.29) is 35.5 Å². The maximum atomic E-state index is 13.9. The third kappa shape index (κ3) is 6.29. The highest BCUT2D eigenvalue weighted by Gasteiger charge is 2.54. The van der Waals surface area contributed by atoms with Crippen LogP contribution >= 0.6 is 0 Å². The molecule has 2 atom stereocenters. The van der Waals surface area contributed by atoms with Gasteiger partial charge in [0, 0.05) is 39.1 Å². The monoisotopic (exact) mass is 566 g/mol. The number of likely N-dealkylation sites (N-methyl/N-ethyl adjacent to an activating group) is 1. The van der Waals surface area contributed by atoms with Crippen LogP contribution in [0.3, 0.4) is 0 Å². The minimum Gasteiger partial charge on any atom is -0.497 e. The molecular formula is C30H34N2O7S. The van der Waals surface area contributed by atoms with Crippen molar-refractivity contribution in [3.05, 3.63) is 90.0 Å². The van der Waals surface area contributed by atoms with Crippen LogP contribution in [-0.4, -0.2) is 75.9 Å². The van der Waals surface area contributed by atoms with Gasteiger partial charge in [-0.3, -0.25) is 4.79 Å². The minimum atomic E-state index is -3.72. The first-order chi connectivity index (χ1) is 19.2. The summed E-state index contributed by atoms with van der Waals surface area (Å²) in [6, 6.07) is 22.4. The average Bonchev–Trinajstić information content (AvgIpc) is 3.37. The number of aliphatic hydroxyl groups is 1. The molecule has 1 amide bonds. The summed E-state index contributed by atoms with van der Waals surface area (Å²) in [6.07, 6.45) is -0.491. The van der Waals surface area contributed by atoms with Crippen molar-refractivity contribution in [2.75, 3.05) is 40.2 Å². The molecule has 0 saturated carbocycles. The molecule has 3 aromatic rings. The number of sulfone groups is 1. The molecule has 9 nitrogen and oxygen atoms in total. The SMILES string of the molecule is COc1cccc([C@H]2OC(c3ccc(OCCCO)cc3)=N[C@@]2(CCS(=O)(=O)c2ccccc2)C(=O)N(C)C)c1. The molecule has 0 aliphatic carbocycles. The van der Waals surface area contributed by atoms with Crippen molar-refractivity contribution in [1.29, 1.82) is 0 Å². The molecule has 0 fully saturated rings. The molecule has 212 valence electrons. The first-order valence-electron chi connectivity index (χ1n) is 12.9. The Morgan fingerprint density at radius 1 is 1.02 bits per heavy atom. The van der Waals surface area contributed by atoms with Crippen LogP contribution in [0.5, 0.6) is 11.5 Å². The highest BCUT2D eigenvalue weighted by Crippen LogP contribution is 2.44. The molecular weight excluding hydrogens is 532 g/mol. The summed E-state index contributed by atoms with van der Waals surface area (Å²) in [5.41, 5.74) is -0.306. The van der Waals surface area contributed by atoms with E-state index in [9.17, 15) is 13.2 Å². The Balaban J connectivity index is 1.77. The molecule has 10 heteroatoms. The van der Waals surface area contributed by atoms with E-state index in [0.717, 1.165) is 0 Å². The topological polar surface area (TPSA) is 115 Å². The van der Waals surface area contributed by atoms with Gasteiger partial charge in [0.15, 0.2) is 21.5 Å². The molecule has 4 rings (SSSR count). The first kappa shape index (κ1) is 29.1. The highest BCUT2D eigenvalue weighted by atomic mass is 32.2. The number of hydrogen-bond donors (Lipinski definition) is 1. The van der Waals surface area contributed by atoms with E-state index in [2.05, 4.69) is 0 Å². The summed E-state index contributed by atoms with van der Waals surface area (Å²) in [4.78, 5) is 20.4. The van der Waals surface area contributed by atoms with Crippen LogP contribution in [0.15, 0.2) is 88.8 Å². The Bertz CT molecular complexity index is 1440. The summed E-state index contributed by atoms with van der Waals surface area (Å²) in [6.45, 7) is 0.415. The van der Waals surface area contributed by atoms with Crippen molar-refractivity contribution in [1.82, 2.24) is 4.90 Å². The predicted molar refractivity (Wildman–Crippen MR) is 152 cm³/mol. The quantitative estimate of drug-likeness (QED) is 0.333. The zero-order valence-electron chi connectivity index (χ0n) is 22.8. The highest BCUT2D eigenvalue weighted by molar-refractivity contribution is 7.91. The lowest BCUT2D eigenvalue weighted by molar-refractivity contribution is -0.137. The van der Waals surface area contributed by atoms with E-state index < -0.39 is 21.5 Å². The number of aliphatic imine (C=N–C) groups is 1. The zero-order chi connectivity index (χ0) is 28.8. The second-order valence-electron chi connectivity index (χ2n) is 9.65. The van der Waals surface area contributed by atoms with Crippen molar-refractivity contribution in [2.45, 2.75) is 29.4 Å². The number of rotatable bonds is 12. The molecule has 3 aromatic carbocycles. The summed E-state index contributed by atoms with van der Waals surface area (Å²) in [7, 11) is 1.06. The van der Waals surface area contributed by atoms with Gasteiger partial charge in [0.1, 0.15) is 11.5 Å². The molecule has 40 heavy (non-hydrogen) atoms. The van der Waals surface area contributed by atoms with Crippen LogP contribution in [0, 0.1) is 0 Å². The van der Waals surface area contributed by atoms with Crippen molar-refractivity contribution < 1.29 is 32.5 Å². The summed E-state index contributed by atoms with van der Waals surface area (Å²) >= 11 is 0. The maximum absolute atomic E-state index is 13.9. The van der Waals surface area contributed by atoms with E-state index in [4.69, 9.17) is 24.3 Å². The van der Waals surface area contributed by atoms with Gasteiger partial charge in [0.2, 0.25) is 5.90 Å². The minimum absolute atomic E-state index is 0.0381. The molecule has 1 heterocycles. The van der Waals surface area contributed by atoms with E-state index in [0.29, 0.717) is 35.7 Å². The Labute approximate surface area is 234 Å². The van der Waals surface area contributed by atoms with Crippen molar-refractivity contribution in [2.24, 2.45) is 4.99 Å². The van der Waals surface area contributed by atoms with Crippen molar-refractivity contribution in [3.8, 4) is 11.5 Å². The number of nitrogens with zero attached hydrogens (tertiary/aromatic N) is 2. The van der Waals surface area contributed by atoms with E-state index in [1.807, 2.05) is 6.07 Å². The Kier molecular flexibility index (Phi) is 9.11. The molecule has 0 bridgehead atoms. The number of aliphatic hydroxyl groups excluding tert-OH is 1. The number of methoxy groups -OCH3 is 1. The third-order valence-corrected chi connectivity index (χ3v) is 8.40. The Morgan fingerprint density at radius 2 is 1.75 bits per heavy atom. The lowest BCUT2D eigenvalue weighted by atomic mass is 9.84. The van der Waals surface area contributed by atoms with Gasteiger partial charge in [-0.1, -0.05) is 30.3 Å². The normalized spacial score (nSPS) is 18.5. The fourth-order valence-electron chi connectivity index (χ4n) is 4.58. The fraction of sp³-hybridized carbons (Fsp3) is 0.333. The Morgan fingerprint density at radius 3 is 2.40 bits per heavy atom. The van der Waals surface area contributed by atoms with Crippen molar-refractivity contribution >= 4 is 21.6 Å². The van der Waals surface area contributed by atoms with Crippen LogP contribution in [0.2, 0.25) is 0 Å². The van der Waals surface area contributed by atoms with E-state index >= 15 is 0 Å². The van der Waals surface area contributed by atoms with Gasteiger partial charge in [-0.2, -0.15) is 0 Å². The predicted octanol–water partition coefficient (Wildman–Crippen LogP) is 3.67. The van der Waals surface area contributed by atoms with Gasteiger partial charge >= 0.3 is 0 Å². The van der Waals surface area contributed by atoms with Crippen LogP contribution in [0.1, 0.15) is 30.1 Å². The van der Waals surface area contributed by atoms with E-state index in [1.54, 1.807) is 94.0 Å². The summed E-state index contributed by atoms with van der Waals surface area (Å²) in [5.74, 6) is 0.728. The number of ether oxygens (including phenoxy) is 3. The summed E-state index contributed by atoms with van der Waals surface area (Å²) in [5, 5.41) is 8.99. The van der Waals surface area contributed by atoms with Crippen molar-refractivity contribution in [3.63, 3.8) is 0 Å². The number of hydrogen-bond acceptors (Lipinski definition) is 8. The van der Waals surface area contributed by atoms with Gasteiger partial charge in [-0.25, -0.2) is 13.4 Å². The van der Waals surface area contributed by atoms with Gasteiger partial charge in [-0.05, 0) is 54.1 Å². The maximum Gasteiger partial charge on any atom is 0.254 e. The lowest BCUT2D eigenvalue weighted by Crippen LogP contribution is -2.48. The number of carbonyl (C=O) groups is 1. The number of benzene rings is 3. The van der Waals surface area contributed by atoms with Crippen LogP contribution < -0.4 is 9.47 Å². The fourth-order valence-corrected chi connectivity index (χ4v) is 5.97. The van der Waals surface area contributed by atoms with Crippen LogP contribution in [0.25, 0.3) is 0 Å².